The average Bonchev–Trinajstić information content (AvgIpc) is 4.11. The normalized spacial score (nSPS) is 12.1. The second-order valence-corrected chi connectivity index (χ2v) is 18.9. The van der Waals surface area contributed by atoms with Gasteiger partial charge in [-0.05, 0) is 89.0 Å². The Morgan fingerprint density at radius 2 is 0.656 bits per heavy atom. The molecular formula is C60H36N2S2. The molecule has 0 saturated heterocycles. The fraction of sp³-hybridized carbons (Fsp3) is 0. The van der Waals surface area contributed by atoms with E-state index >= 15 is 0 Å². The van der Waals surface area contributed by atoms with E-state index in [1.807, 2.05) is 22.7 Å². The van der Waals surface area contributed by atoms with E-state index in [1.165, 1.54) is 129 Å². The fourth-order valence-corrected chi connectivity index (χ4v) is 13.2. The maximum atomic E-state index is 2.47. The van der Waals surface area contributed by atoms with Crippen LogP contribution in [0.2, 0.25) is 0 Å². The third kappa shape index (κ3) is 5.18. The van der Waals surface area contributed by atoms with E-state index in [0.29, 0.717) is 0 Å². The van der Waals surface area contributed by atoms with E-state index in [4.69, 9.17) is 0 Å². The molecule has 0 bridgehead atoms. The van der Waals surface area contributed by atoms with Gasteiger partial charge in [0, 0.05) is 84.4 Å². The molecule has 2 nitrogen and oxygen atoms in total. The fourth-order valence-electron chi connectivity index (χ4n) is 10.6. The van der Waals surface area contributed by atoms with Crippen LogP contribution in [0.15, 0.2) is 218 Å². The Bertz CT molecular complexity index is 3870. The SMILES string of the molecule is c1ccc(-c2cccc(-c3c4sc5ccc(-n6c7ccccc7c7ccccc76)cc5c4c(-c4ccccc4)c4c3sc3ccc(-n5c6ccccc6c6ccccc65)cc34)c2)cc1. The van der Waals surface area contributed by atoms with E-state index in [2.05, 4.69) is 228 Å². The van der Waals surface area contributed by atoms with Gasteiger partial charge in [-0.25, -0.2) is 0 Å². The lowest BCUT2D eigenvalue weighted by atomic mass is 9.89. The number of hydrogen-bond acceptors (Lipinski definition) is 2. The number of aromatic nitrogens is 2. The van der Waals surface area contributed by atoms with Crippen molar-refractivity contribution < 1.29 is 0 Å². The molecule has 14 rings (SSSR count). The predicted octanol–water partition coefficient (Wildman–Crippen LogP) is 17.6. The summed E-state index contributed by atoms with van der Waals surface area (Å²) in [5.74, 6) is 0. The third-order valence-corrected chi connectivity index (χ3v) is 15.7. The highest BCUT2D eigenvalue weighted by Crippen LogP contribution is 2.55. The molecule has 4 aromatic heterocycles. The molecule has 0 amide bonds. The van der Waals surface area contributed by atoms with Crippen molar-refractivity contribution in [3.05, 3.63) is 218 Å². The zero-order valence-corrected chi connectivity index (χ0v) is 36.1. The van der Waals surface area contributed by atoms with Gasteiger partial charge in [-0.3, -0.25) is 0 Å². The van der Waals surface area contributed by atoms with Crippen LogP contribution in [0, 0.1) is 0 Å². The van der Waals surface area contributed by atoms with Crippen molar-refractivity contribution in [3.63, 3.8) is 0 Å². The molecule has 0 fully saturated rings. The van der Waals surface area contributed by atoms with E-state index in [0.717, 1.165) is 0 Å². The van der Waals surface area contributed by atoms with Gasteiger partial charge in [0.1, 0.15) is 0 Å². The Morgan fingerprint density at radius 1 is 0.266 bits per heavy atom. The van der Waals surface area contributed by atoms with Crippen molar-refractivity contribution in [3.8, 4) is 44.8 Å². The number of rotatable bonds is 5. The highest BCUT2D eigenvalue weighted by Gasteiger charge is 2.26. The summed E-state index contributed by atoms with van der Waals surface area (Å²) < 4.78 is 10.1. The van der Waals surface area contributed by atoms with Crippen LogP contribution >= 0.6 is 22.7 Å². The molecule has 4 heteroatoms. The van der Waals surface area contributed by atoms with Crippen LogP contribution in [-0.4, -0.2) is 9.13 Å². The van der Waals surface area contributed by atoms with Crippen LogP contribution in [0.1, 0.15) is 0 Å². The lowest BCUT2D eigenvalue weighted by Crippen LogP contribution is -1.94. The van der Waals surface area contributed by atoms with Crippen LogP contribution in [0.5, 0.6) is 0 Å². The molecule has 14 aromatic rings. The topological polar surface area (TPSA) is 9.86 Å². The van der Waals surface area contributed by atoms with Crippen molar-refractivity contribution in [2.75, 3.05) is 0 Å². The lowest BCUT2D eigenvalue weighted by Gasteiger charge is -2.15. The molecule has 0 spiro atoms. The molecule has 0 aliphatic rings. The smallest absolute Gasteiger partial charge is 0.0541 e. The Balaban J connectivity index is 1.15. The number of thiophene rings is 2. The Morgan fingerprint density at radius 3 is 1.12 bits per heavy atom. The third-order valence-electron chi connectivity index (χ3n) is 13.3. The largest absolute Gasteiger partial charge is 0.309 e. The van der Waals surface area contributed by atoms with E-state index in [1.54, 1.807) is 0 Å². The first-order valence-corrected chi connectivity index (χ1v) is 23.5. The van der Waals surface area contributed by atoms with Crippen LogP contribution in [0.4, 0.5) is 0 Å². The van der Waals surface area contributed by atoms with Crippen LogP contribution in [-0.2, 0) is 0 Å². The Hall–Kier alpha value is -7.76. The summed E-state index contributed by atoms with van der Waals surface area (Å²) in [6.07, 6.45) is 0. The highest BCUT2D eigenvalue weighted by molar-refractivity contribution is 7.29. The van der Waals surface area contributed by atoms with Gasteiger partial charge < -0.3 is 9.13 Å². The number of benzene rings is 10. The summed E-state index contributed by atoms with van der Waals surface area (Å²) >= 11 is 3.86. The molecule has 10 aromatic carbocycles. The lowest BCUT2D eigenvalue weighted by molar-refractivity contribution is 1.19. The molecule has 0 unspecified atom stereocenters. The van der Waals surface area contributed by atoms with Crippen LogP contribution in [0.3, 0.4) is 0 Å². The van der Waals surface area contributed by atoms with Crippen LogP contribution < -0.4 is 0 Å². The zero-order valence-electron chi connectivity index (χ0n) is 34.5. The first kappa shape index (κ1) is 35.8. The minimum atomic E-state index is 1.17. The molecule has 0 atom stereocenters. The van der Waals surface area contributed by atoms with Gasteiger partial charge in [0.2, 0.25) is 0 Å². The number of nitrogens with zero attached hydrogens (tertiary/aromatic N) is 2. The maximum absolute atomic E-state index is 2.47. The number of hydrogen-bond donors (Lipinski definition) is 0. The van der Waals surface area contributed by atoms with Gasteiger partial charge in [0.15, 0.2) is 0 Å². The second kappa shape index (κ2) is 13.9. The van der Waals surface area contributed by atoms with Gasteiger partial charge in [-0.2, -0.15) is 0 Å². The summed E-state index contributed by atoms with van der Waals surface area (Å²) in [7, 11) is 0. The summed E-state index contributed by atoms with van der Waals surface area (Å²) in [6, 6.07) is 80.8. The molecule has 0 saturated carbocycles. The first-order valence-electron chi connectivity index (χ1n) is 21.8. The quantitative estimate of drug-likeness (QED) is 0.163. The molecule has 298 valence electrons. The van der Waals surface area contributed by atoms with Crippen LogP contribution in [0.25, 0.3) is 129 Å². The van der Waals surface area contributed by atoms with Crippen molar-refractivity contribution in [1.29, 1.82) is 0 Å². The Kier molecular flexibility index (Phi) is 7.76. The summed E-state index contributed by atoms with van der Waals surface area (Å²) in [4.78, 5) is 0. The van der Waals surface area contributed by atoms with Gasteiger partial charge >= 0.3 is 0 Å². The second-order valence-electron chi connectivity index (χ2n) is 16.8. The molecule has 0 radical (unpaired) electrons. The molecular weight excluding hydrogens is 813 g/mol. The summed E-state index contributed by atoms with van der Waals surface area (Å²) in [5.41, 5.74) is 14.7. The standard InChI is InChI=1S/C60H36N2S2/c1-3-16-37(17-4-1)39-20-15-21-40(34-39)56-59-57(47-35-41(30-32-53(47)63-59)61-49-26-11-7-22-43(49)44-23-8-12-27-50(44)61)55(38-18-5-2-6-19-38)58-48-36-42(31-33-54(48)64-60(56)58)62-51-28-13-9-24-45(51)46-25-10-14-29-52(46)62/h1-36H. The van der Waals surface area contributed by atoms with Crippen molar-refractivity contribution >= 4 is 107 Å². The predicted molar refractivity (Wildman–Crippen MR) is 277 cm³/mol. The van der Waals surface area contributed by atoms with Crippen molar-refractivity contribution in [1.82, 2.24) is 9.13 Å². The minimum Gasteiger partial charge on any atom is -0.309 e. The van der Waals surface area contributed by atoms with E-state index < -0.39 is 0 Å². The molecule has 4 heterocycles. The Labute approximate surface area is 376 Å². The highest BCUT2D eigenvalue weighted by atomic mass is 32.1. The van der Waals surface area contributed by atoms with Crippen molar-refractivity contribution in [2.24, 2.45) is 0 Å². The first-order chi connectivity index (χ1) is 31.8. The molecule has 0 aliphatic heterocycles. The number of fused-ring (bicyclic) bond motifs is 12. The summed E-state index contributed by atoms with van der Waals surface area (Å²) in [5, 5.41) is 10.2. The van der Waals surface area contributed by atoms with Crippen molar-refractivity contribution in [2.45, 2.75) is 0 Å². The van der Waals surface area contributed by atoms with E-state index in [-0.39, 0.29) is 0 Å². The van der Waals surface area contributed by atoms with Gasteiger partial charge in [0.05, 0.1) is 22.1 Å². The average molecular weight is 849 g/mol. The molecule has 64 heavy (non-hydrogen) atoms. The van der Waals surface area contributed by atoms with Gasteiger partial charge in [0.25, 0.3) is 0 Å². The molecule has 0 N–H and O–H groups in total. The number of para-hydroxylation sites is 4. The minimum absolute atomic E-state index is 1.17. The molecule has 0 aliphatic carbocycles. The maximum Gasteiger partial charge on any atom is 0.0541 e. The zero-order chi connectivity index (χ0) is 41.9. The summed E-state index contributed by atoms with van der Waals surface area (Å²) in [6.45, 7) is 0. The monoisotopic (exact) mass is 848 g/mol. The van der Waals surface area contributed by atoms with Gasteiger partial charge in [-0.15, -0.1) is 22.7 Å². The van der Waals surface area contributed by atoms with Gasteiger partial charge in [-0.1, -0.05) is 152 Å². The van der Waals surface area contributed by atoms with E-state index in [9.17, 15) is 0 Å².